The molecule has 1 aliphatic carbocycles. The van der Waals surface area contributed by atoms with Crippen molar-refractivity contribution in [2.24, 2.45) is 11.8 Å². The number of hydrogen-bond donors (Lipinski definition) is 3. The van der Waals surface area contributed by atoms with Gasteiger partial charge in [-0.2, -0.15) is 8.78 Å². The summed E-state index contributed by atoms with van der Waals surface area (Å²) < 4.78 is 35.4. The van der Waals surface area contributed by atoms with Gasteiger partial charge in [0.15, 0.2) is 5.76 Å². The molecule has 1 aromatic carbocycles. The highest BCUT2D eigenvalue weighted by molar-refractivity contribution is 5.66. The number of aryl methyl sites for hydroxylation is 1. The Morgan fingerprint density at radius 3 is 2.87 bits per heavy atom. The highest BCUT2D eigenvalue weighted by Gasteiger charge is 2.63. The lowest BCUT2D eigenvalue weighted by Crippen LogP contribution is -2.33. The predicted octanol–water partition coefficient (Wildman–Crippen LogP) is 3.62. The predicted molar refractivity (Wildman–Crippen MR) is 107 cm³/mol. The van der Waals surface area contributed by atoms with Crippen molar-refractivity contribution < 1.29 is 33.6 Å². The Morgan fingerprint density at radius 2 is 2.17 bits per heavy atom. The van der Waals surface area contributed by atoms with Crippen LogP contribution < -0.4 is 0 Å². The summed E-state index contributed by atoms with van der Waals surface area (Å²) in [7, 11) is 0. The molecule has 30 heavy (non-hydrogen) atoms. The van der Waals surface area contributed by atoms with Crippen molar-refractivity contribution in [3.8, 4) is 0 Å². The third-order valence-electron chi connectivity index (χ3n) is 5.77. The molecule has 1 aliphatic heterocycles. The Kier molecular flexibility index (Phi) is 6.93. The topological polar surface area (TPSA) is 87.0 Å². The molecule has 1 heterocycles. The van der Waals surface area contributed by atoms with E-state index in [9.17, 15) is 23.8 Å². The first-order valence-corrected chi connectivity index (χ1v) is 10.3. The molecular weight excluding hydrogens is 394 g/mol. The van der Waals surface area contributed by atoms with E-state index in [1.54, 1.807) is 0 Å². The molecule has 0 radical (unpaired) electrons. The fourth-order valence-corrected chi connectivity index (χ4v) is 4.36. The maximum atomic E-state index is 15.0. The minimum atomic E-state index is -3.25. The van der Waals surface area contributed by atoms with Crippen molar-refractivity contribution in [3.63, 3.8) is 0 Å². The molecule has 5 atom stereocenters. The number of carboxylic acid groups (broad SMARTS) is 1. The molecule has 1 saturated carbocycles. The standard InChI is InChI=1S/C23H28F2O5/c1-14-5-4-6-15(11-14)12-16(26)9-10-17-18(27)13-19-22(17)23(24,25)20(30-19)7-2-3-8-21(28)29/h4-7,9-11,16-19,22,26-27H,2-3,8,12-13H2,1H3,(H,28,29)/b10-9?,20-7+/t16-,17+,18-,19+,22-/m1/s1. The number of carboxylic acids is 1. The molecule has 7 heteroatoms. The number of hydrogen-bond acceptors (Lipinski definition) is 4. The van der Waals surface area contributed by atoms with Crippen molar-refractivity contribution in [1.82, 2.24) is 0 Å². The second-order valence-corrected chi connectivity index (χ2v) is 8.19. The molecule has 2 fully saturated rings. The van der Waals surface area contributed by atoms with Crippen LogP contribution >= 0.6 is 0 Å². The van der Waals surface area contributed by atoms with Crippen LogP contribution in [0.3, 0.4) is 0 Å². The van der Waals surface area contributed by atoms with Crippen LogP contribution in [0.25, 0.3) is 0 Å². The Hall–Kier alpha value is -2.25. The summed E-state index contributed by atoms with van der Waals surface area (Å²) in [5.74, 6) is -6.69. The summed E-state index contributed by atoms with van der Waals surface area (Å²) in [6, 6.07) is 7.70. The normalized spacial score (nSPS) is 29.8. The summed E-state index contributed by atoms with van der Waals surface area (Å²) >= 11 is 0. The molecule has 164 valence electrons. The Balaban J connectivity index is 1.66. The van der Waals surface area contributed by atoms with Gasteiger partial charge in [-0.3, -0.25) is 4.79 Å². The van der Waals surface area contributed by atoms with E-state index < -0.39 is 47.8 Å². The Morgan fingerprint density at radius 1 is 1.40 bits per heavy atom. The number of allylic oxidation sites excluding steroid dienone is 2. The summed E-state index contributed by atoms with van der Waals surface area (Å²) in [6.07, 6.45) is 2.41. The lowest BCUT2D eigenvalue weighted by atomic mass is 9.87. The number of fused-ring (bicyclic) bond motifs is 1. The molecule has 0 amide bonds. The van der Waals surface area contributed by atoms with Crippen LogP contribution in [0.4, 0.5) is 8.78 Å². The second kappa shape index (κ2) is 9.27. The summed E-state index contributed by atoms with van der Waals surface area (Å²) in [4.78, 5) is 10.6. The van der Waals surface area contributed by atoms with E-state index >= 15 is 0 Å². The van der Waals surface area contributed by atoms with E-state index in [0.29, 0.717) is 6.42 Å². The van der Waals surface area contributed by atoms with Crippen LogP contribution in [0.1, 0.15) is 36.8 Å². The van der Waals surface area contributed by atoms with Crippen LogP contribution in [-0.2, 0) is 16.0 Å². The van der Waals surface area contributed by atoms with E-state index in [0.717, 1.165) is 11.1 Å². The number of aliphatic hydroxyl groups is 2. The molecule has 1 saturated heterocycles. The van der Waals surface area contributed by atoms with Gasteiger partial charge in [0.1, 0.15) is 6.10 Å². The van der Waals surface area contributed by atoms with Crippen molar-refractivity contribution in [2.45, 2.75) is 63.3 Å². The maximum Gasteiger partial charge on any atom is 0.310 e. The summed E-state index contributed by atoms with van der Waals surface area (Å²) in [6.45, 7) is 1.95. The van der Waals surface area contributed by atoms with Gasteiger partial charge in [0.05, 0.1) is 18.1 Å². The molecule has 0 aromatic heterocycles. The average Bonchev–Trinajstić information content (AvgIpc) is 3.09. The molecule has 5 nitrogen and oxygen atoms in total. The number of alkyl halides is 2. The van der Waals surface area contributed by atoms with Crippen LogP contribution in [0, 0.1) is 18.8 Å². The van der Waals surface area contributed by atoms with Gasteiger partial charge in [0, 0.05) is 25.2 Å². The minimum absolute atomic E-state index is 0.0922. The highest BCUT2D eigenvalue weighted by Crippen LogP contribution is 2.54. The second-order valence-electron chi connectivity index (χ2n) is 8.19. The average molecular weight is 422 g/mol. The highest BCUT2D eigenvalue weighted by atomic mass is 19.3. The number of rotatable bonds is 8. The Labute approximate surface area is 174 Å². The lowest BCUT2D eigenvalue weighted by molar-refractivity contribution is -0.137. The van der Waals surface area contributed by atoms with Crippen molar-refractivity contribution >= 4 is 5.97 Å². The van der Waals surface area contributed by atoms with Gasteiger partial charge in [-0.1, -0.05) is 42.0 Å². The van der Waals surface area contributed by atoms with Crippen molar-refractivity contribution in [3.05, 3.63) is 59.4 Å². The number of benzene rings is 1. The van der Waals surface area contributed by atoms with Crippen LogP contribution in [0.2, 0.25) is 0 Å². The van der Waals surface area contributed by atoms with E-state index in [2.05, 4.69) is 0 Å². The van der Waals surface area contributed by atoms with Gasteiger partial charge in [-0.25, -0.2) is 0 Å². The fraction of sp³-hybridized carbons (Fsp3) is 0.522. The number of halogens is 2. The largest absolute Gasteiger partial charge is 0.488 e. The third kappa shape index (κ3) is 5.08. The van der Waals surface area contributed by atoms with Crippen molar-refractivity contribution in [1.29, 1.82) is 0 Å². The van der Waals surface area contributed by atoms with E-state index in [1.165, 1.54) is 18.2 Å². The zero-order chi connectivity index (χ0) is 21.9. The van der Waals surface area contributed by atoms with Gasteiger partial charge in [0.2, 0.25) is 0 Å². The molecule has 3 N–H and O–H groups in total. The summed E-state index contributed by atoms with van der Waals surface area (Å²) in [5, 5.41) is 29.3. The molecule has 3 rings (SSSR count). The van der Waals surface area contributed by atoms with Gasteiger partial charge in [-0.15, -0.1) is 0 Å². The number of unbranched alkanes of at least 4 members (excludes halogenated alkanes) is 1. The molecule has 2 aliphatic rings. The van der Waals surface area contributed by atoms with E-state index in [4.69, 9.17) is 9.84 Å². The number of carbonyl (C=O) groups is 1. The van der Waals surface area contributed by atoms with E-state index in [-0.39, 0.29) is 25.7 Å². The molecular formula is C23H28F2O5. The molecule has 0 bridgehead atoms. The van der Waals surface area contributed by atoms with Gasteiger partial charge >= 0.3 is 11.9 Å². The van der Waals surface area contributed by atoms with E-state index in [1.807, 2.05) is 31.2 Å². The smallest absolute Gasteiger partial charge is 0.310 e. The first kappa shape index (κ1) is 22.4. The first-order valence-electron chi connectivity index (χ1n) is 10.3. The van der Waals surface area contributed by atoms with Gasteiger partial charge in [-0.05, 0) is 31.4 Å². The van der Waals surface area contributed by atoms with Crippen LogP contribution in [-0.4, -0.2) is 45.5 Å². The minimum Gasteiger partial charge on any atom is -0.488 e. The first-order chi connectivity index (χ1) is 14.2. The SMILES string of the molecule is Cc1cccc(C[C@H](O)C=C[C@@H]2[C@@H]3[C@H](C[C@H]2O)O/C(=C/CCCC(=O)O)C3(F)F)c1. The third-order valence-corrected chi connectivity index (χ3v) is 5.77. The van der Waals surface area contributed by atoms with Crippen LogP contribution in [0.15, 0.2) is 48.3 Å². The maximum absolute atomic E-state index is 15.0. The summed E-state index contributed by atoms with van der Waals surface area (Å²) in [5.41, 5.74) is 2.02. The van der Waals surface area contributed by atoms with Crippen LogP contribution in [0.5, 0.6) is 0 Å². The lowest BCUT2D eigenvalue weighted by Gasteiger charge is -2.22. The fourth-order valence-electron chi connectivity index (χ4n) is 4.36. The van der Waals surface area contributed by atoms with Crippen molar-refractivity contribution in [2.75, 3.05) is 0 Å². The van der Waals surface area contributed by atoms with Gasteiger partial charge in [0.25, 0.3) is 0 Å². The molecule has 1 aromatic rings. The number of aliphatic carboxylic acids is 1. The number of ether oxygens (including phenoxy) is 1. The number of aliphatic hydroxyl groups excluding tert-OH is 2. The Bertz CT molecular complexity index is 820. The zero-order valence-electron chi connectivity index (χ0n) is 16.9. The molecule has 0 unspecified atom stereocenters. The quantitative estimate of drug-likeness (QED) is 0.440. The monoisotopic (exact) mass is 422 g/mol. The molecule has 0 spiro atoms. The van der Waals surface area contributed by atoms with Gasteiger partial charge < -0.3 is 20.1 Å². The zero-order valence-corrected chi connectivity index (χ0v) is 16.9.